The van der Waals surface area contributed by atoms with Gasteiger partial charge in [0.05, 0.1) is 13.0 Å². The van der Waals surface area contributed by atoms with Gasteiger partial charge < -0.3 is 14.6 Å². The molecule has 0 aliphatic rings. The summed E-state index contributed by atoms with van der Waals surface area (Å²) in [5.41, 5.74) is 3.44. The van der Waals surface area contributed by atoms with Crippen molar-refractivity contribution in [1.29, 1.82) is 0 Å². The molecule has 1 amide bonds. The van der Waals surface area contributed by atoms with Crippen LogP contribution in [0.3, 0.4) is 0 Å². The minimum atomic E-state index is -0.304. The fraction of sp³-hybridized carbons (Fsp3) is 0.238. The molecule has 3 rings (SSSR count). The molecule has 1 aromatic heterocycles. The lowest BCUT2D eigenvalue weighted by Gasteiger charge is -2.12. The highest BCUT2D eigenvalue weighted by molar-refractivity contribution is 5.93. The van der Waals surface area contributed by atoms with E-state index in [0.717, 1.165) is 22.2 Å². The van der Waals surface area contributed by atoms with Crippen molar-refractivity contribution in [3.63, 3.8) is 0 Å². The van der Waals surface area contributed by atoms with Gasteiger partial charge in [-0.2, -0.15) is 0 Å². The van der Waals surface area contributed by atoms with Gasteiger partial charge in [0.15, 0.2) is 0 Å². The monoisotopic (exact) mass is 350 g/mol. The maximum atomic E-state index is 12.6. The highest BCUT2D eigenvalue weighted by Crippen LogP contribution is 2.20. The van der Waals surface area contributed by atoms with Gasteiger partial charge in [-0.05, 0) is 43.0 Å². The zero-order valence-corrected chi connectivity index (χ0v) is 15.0. The summed E-state index contributed by atoms with van der Waals surface area (Å²) in [5.74, 6) is -0.438. The average molecular weight is 350 g/mol. The Morgan fingerprint density at radius 2 is 1.81 bits per heavy atom. The van der Waals surface area contributed by atoms with Gasteiger partial charge in [-0.25, -0.2) is 0 Å². The van der Waals surface area contributed by atoms with E-state index in [1.807, 2.05) is 54.0 Å². The Kier molecular flexibility index (Phi) is 5.37. The summed E-state index contributed by atoms with van der Waals surface area (Å²) in [6, 6.07) is 17.3. The zero-order chi connectivity index (χ0) is 18.5. The normalized spacial score (nSPS) is 10.7. The molecule has 0 fully saturated rings. The van der Waals surface area contributed by atoms with Crippen LogP contribution in [0.2, 0.25) is 0 Å². The van der Waals surface area contributed by atoms with Crippen molar-refractivity contribution < 1.29 is 14.3 Å². The minimum Gasteiger partial charge on any atom is -0.466 e. The molecule has 0 saturated heterocycles. The predicted octanol–water partition coefficient (Wildman–Crippen LogP) is 3.69. The lowest BCUT2D eigenvalue weighted by atomic mass is 10.1. The predicted molar refractivity (Wildman–Crippen MR) is 102 cm³/mol. The largest absolute Gasteiger partial charge is 0.466 e. The number of aromatic nitrogens is 1. The number of anilines is 1. The number of aryl methyl sites for hydroxylation is 1. The molecule has 0 saturated carbocycles. The standard InChI is InChI=1S/C21H22N2O3/c1-3-26-21(25)13-16-8-4-6-10-18(16)22-20(24)14-23-15(2)12-17-9-5-7-11-19(17)23/h4-12H,3,13-14H2,1-2H3,(H,22,24). The molecule has 2 aromatic carbocycles. The number of para-hydroxylation sites is 2. The first kappa shape index (κ1) is 17.7. The number of nitrogens with zero attached hydrogens (tertiary/aromatic N) is 1. The smallest absolute Gasteiger partial charge is 0.310 e. The van der Waals surface area contributed by atoms with E-state index < -0.39 is 0 Å². The molecule has 5 heteroatoms. The number of ether oxygens (including phenoxy) is 1. The van der Waals surface area contributed by atoms with E-state index in [1.165, 1.54) is 0 Å². The van der Waals surface area contributed by atoms with E-state index in [9.17, 15) is 9.59 Å². The molecule has 0 atom stereocenters. The van der Waals surface area contributed by atoms with Crippen molar-refractivity contribution in [2.24, 2.45) is 0 Å². The van der Waals surface area contributed by atoms with Gasteiger partial charge in [0.2, 0.25) is 5.91 Å². The second kappa shape index (κ2) is 7.87. The number of carbonyl (C=O) groups excluding carboxylic acids is 2. The molecule has 0 aliphatic carbocycles. The molecule has 0 radical (unpaired) electrons. The topological polar surface area (TPSA) is 60.3 Å². The van der Waals surface area contributed by atoms with Crippen LogP contribution in [0.1, 0.15) is 18.2 Å². The Balaban J connectivity index is 1.76. The first-order valence-corrected chi connectivity index (χ1v) is 8.66. The molecule has 5 nitrogen and oxygen atoms in total. The van der Waals surface area contributed by atoms with E-state index in [1.54, 1.807) is 13.0 Å². The van der Waals surface area contributed by atoms with Crippen LogP contribution in [0, 0.1) is 6.92 Å². The highest BCUT2D eigenvalue weighted by atomic mass is 16.5. The van der Waals surface area contributed by atoms with Crippen LogP contribution < -0.4 is 5.32 Å². The second-order valence-corrected chi connectivity index (χ2v) is 6.12. The van der Waals surface area contributed by atoms with Gasteiger partial charge in [-0.1, -0.05) is 36.4 Å². The maximum absolute atomic E-state index is 12.6. The number of rotatable bonds is 6. The fourth-order valence-electron chi connectivity index (χ4n) is 3.06. The Labute approximate surface area is 152 Å². The number of benzene rings is 2. The van der Waals surface area contributed by atoms with Crippen molar-refractivity contribution in [3.8, 4) is 0 Å². The van der Waals surface area contributed by atoms with Gasteiger partial charge in [-0.15, -0.1) is 0 Å². The Morgan fingerprint density at radius 3 is 2.62 bits per heavy atom. The van der Waals surface area contributed by atoms with E-state index in [0.29, 0.717) is 12.3 Å². The SMILES string of the molecule is CCOC(=O)Cc1ccccc1NC(=O)Cn1c(C)cc2ccccc21. The zero-order valence-electron chi connectivity index (χ0n) is 15.0. The number of fused-ring (bicyclic) bond motifs is 1. The minimum absolute atomic E-state index is 0.134. The first-order valence-electron chi connectivity index (χ1n) is 8.66. The molecule has 0 spiro atoms. The van der Waals surface area contributed by atoms with E-state index in [2.05, 4.69) is 11.4 Å². The molecule has 26 heavy (non-hydrogen) atoms. The number of carbonyl (C=O) groups is 2. The van der Waals surface area contributed by atoms with E-state index >= 15 is 0 Å². The van der Waals surface area contributed by atoms with E-state index in [4.69, 9.17) is 4.74 Å². The molecular formula is C21H22N2O3. The van der Waals surface area contributed by atoms with Crippen molar-refractivity contribution in [3.05, 3.63) is 65.9 Å². The van der Waals surface area contributed by atoms with Crippen LogP contribution in [0.4, 0.5) is 5.69 Å². The van der Waals surface area contributed by atoms with Crippen LogP contribution in [0.5, 0.6) is 0 Å². The van der Waals surface area contributed by atoms with Crippen molar-refractivity contribution in [1.82, 2.24) is 4.57 Å². The molecule has 0 unspecified atom stereocenters. The molecule has 1 N–H and O–H groups in total. The molecule has 3 aromatic rings. The van der Waals surface area contributed by atoms with Gasteiger partial charge >= 0.3 is 5.97 Å². The van der Waals surface area contributed by atoms with Gasteiger partial charge in [-0.3, -0.25) is 9.59 Å². The Bertz CT molecular complexity index is 943. The summed E-state index contributed by atoms with van der Waals surface area (Å²) in [7, 11) is 0. The molecule has 134 valence electrons. The fourth-order valence-corrected chi connectivity index (χ4v) is 3.06. The van der Waals surface area contributed by atoms with Crippen LogP contribution in [-0.2, 0) is 27.3 Å². The summed E-state index contributed by atoms with van der Waals surface area (Å²) in [4.78, 5) is 24.4. The molecule has 1 heterocycles. The second-order valence-electron chi connectivity index (χ2n) is 6.12. The third kappa shape index (κ3) is 3.94. The number of esters is 1. The number of hydrogen-bond donors (Lipinski definition) is 1. The third-order valence-corrected chi connectivity index (χ3v) is 4.25. The summed E-state index contributed by atoms with van der Waals surface area (Å²) < 4.78 is 6.98. The molecule has 0 aliphatic heterocycles. The first-order chi connectivity index (χ1) is 12.6. The Morgan fingerprint density at radius 1 is 1.08 bits per heavy atom. The molecule has 0 bridgehead atoms. The lowest BCUT2D eigenvalue weighted by Crippen LogP contribution is -2.20. The lowest BCUT2D eigenvalue weighted by molar-refractivity contribution is -0.142. The molecular weight excluding hydrogens is 328 g/mol. The summed E-state index contributed by atoms with van der Waals surface area (Å²) in [6.07, 6.45) is 0.135. The number of amides is 1. The Hall–Kier alpha value is -3.08. The van der Waals surface area contributed by atoms with Crippen LogP contribution in [-0.4, -0.2) is 23.1 Å². The van der Waals surface area contributed by atoms with Gasteiger partial charge in [0.1, 0.15) is 6.54 Å². The summed E-state index contributed by atoms with van der Waals surface area (Å²) in [6.45, 7) is 4.32. The van der Waals surface area contributed by atoms with Crippen LogP contribution >= 0.6 is 0 Å². The van der Waals surface area contributed by atoms with Gasteiger partial charge in [0.25, 0.3) is 0 Å². The van der Waals surface area contributed by atoms with Gasteiger partial charge in [0, 0.05) is 16.9 Å². The number of hydrogen-bond acceptors (Lipinski definition) is 3. The quantitative estimate of drug-likeness (QED) is 0.690. The third-order valence-electron chi connectivity index (χ3n) is 4.25. The van der Waals surface area contributed by atoms with E-state index in [-0.39, 0.29) is 24.8 Å². The van der Waals surface area contributed by atoms with Crippen molar-refractivity contribution in [2.75, 3.05) is 11.9 Å². The van der Waals surface area contributed by atoms with Crippen molar-refractivity contribution >= 4 is 28.5 Å². The highest BCUT2D eigenvalue weighted by Gasteiger charge is 2.13. The van der Waals surface area contributed by atoms with Crippen molar-refractivity contribution in [2.45, 2.75) is 26.8 Å². The van der Waals surface area contributed by atoms with Crippen LogP contribution in [0.15, 0.2) is 54.6 Å². The number of nitrogens with one attached hydrogen (secondary N) is 1. The average Bonchev–Trinajstić information content (AvgIpc) is 2.92. The van der Waals surface area contributed by atoms with Crippen LogP contribution in [0.25, 0.3) is 10.9 Å². The summed E-state index contributed by atoms with van der Waals surface area (Å²) in [5, 5.41) is 4.03. The summed E-state index contributed by atoms with van der Waals surface area (Å²) >= 11 is 0. The maximum Gasteiger partial charge on any atom is 0.310 e.